The number of amides is 1. The van der Waals surface area contributed by atoms with Crippen LogP contribution in [0.3, 0.4) is 0 Å². The van der Waals surface area contributed by atoms with E-state index < -0.39 is 0 Å². The maximum atomic E-state index is 12.4. The van der Waals surface area contributed by atoms with Crippen molar-refractivity contribution in [2.45, 2.75) is 73.0 Å². The van der Waals surface area contributed by atoms with Crippen molar-refractivity contribution in [1.82, 2.24) is 10.2 Å². The van der Waals surface area contributed by atoms with Gasteiger partial charge in [-0.25, -0.2) is 0 Å². The average molecular weight is 254 g/mol. The maximum absolute atomic E-state index is 12.4. The Hall–Kier alpha value is -0.570. The highest BCUT2D eigenvalue weighted by atomic mass is 16.2. The molecule has 0 spiro atoms. The fourth-order valence-corrected chi connectivity index (χ4v) is 2.36. The average Bonchev–Trinajstić information content (AvgIpc) is 2.57. The van der Waals surface area contributed by atoms with Crippen molar-refractivity contribution in [3.63, 3.8) is 0 Å². The van der Waals surface area contributed by atoms with Gasteiger partial charge in [-0.05, 0) is 24.2 Å². The van der Waals surface area contributed by atoms with Crippen LogP contribution in [0.2, 0.25) is 0 Å². The van der Waals surface area contributed by atoms with Crippen LogP contribution >= 0.6 is 0 Å². The van der Waals surface area contributed by atoms with Gasteiger partial charge in [-0.1, -0.05) is 48.0 Å². The first kappa shape index (κ1) is 15.5. The molecule has 2 unspecified atom stereocenters. The lowest BCUT2D eigenvalue weighted by Crippen LogP contribution is -2.44. The Morgan fingerprint density at radius 1 is 1.33 bits per heavy atom. The van der Waals surface area contributed by atoms with Crippen LogP contribution in [0.15, 0.2) is 0 Å². The van der Waals surface area contributed by atoms with Crippen LogP contribution < -0.4 is 5.32 Å². The summed E-state index contributed by atoms with van der Waals surface area (Å²) < 4.78 is 0. The largest absolute Gasteiger partial charge is 0.325 e. The van der Waals surface area contributed by atoms with E-state index in [0.29, 0.717) is 11.8 Å². The van der Waals surface area contributed by atoms with Crippen molar-refractivity contribution in [2.75, 3.05) is 6.54 Å². The minimum Gasteiger partial charge on any atom is -0.325 e. The zero-order chi connectivity index (χ0) is 13.9. The van der Waals surface area contributed by atoms with E-state index in [2.05, 4.69) is 51.8 Å². The van der Waals surface area contributed by atoms with Gasteiger partial charge in [0.2, 0.25) is 5.91 Å². The van der Waals surface area contributed by atoms with Gasteiger partial charge >= 0.3 is 0 Å². The van der Waals surface area contributed by atoms with Crippen molar-refractivity contribution < 1.29 is 4.79 Å². The van der Waals surface area contributed by atoms with Crippen molar-refractivity contribution in [1.29, 1.82) is 0 Å². The van der Waals surface area contributed by atoms with Gasteiger partial charge in [0, 0.05) is 6.54 Å². The third-order valence-electron chi connectivity index (χ3n) is 4.46. The molecule has 0 bridgehead atoms. The lowest BCUT2D eigenvalue weighted by Gasteiger charge is -2.36. The molecule has 3 heteroatoms. The molecule has 1 saturated heterocycles. The Balaban J connectivity index is 2.79. The Morgan fingerprint density at radius 2 is 1.94 bits per heavy atom. The molecule has 0 saturated carbocycles. The zero-order valence-corrected chi connectivity index (χ0v) is 12.9. The van der Waals surface area contributed by atoms with E-state index in [1.165, 1.54) is 0 Å². The van der Waals surface area contributed by atoms with Crippen molar-refractivity contribution in [3.8, 4) is 0 Å². The molecule has 1 aliphatic rings. The minimum absolute atomic E-state index is 0.0320. The van der Waals surface area contributed by atoms with E-state index in [1.807, 2.05) is 0 Å². The van der Waals surface area contributed by atoms with Crippen LogP contribution in [0.5, 0.6) is 0 Å². The summed E-state index contributed by atoms with van der Waals surface area (Å²) in [6.45, 7) is 14.1. The second kappa shape index (κ2) is 6.05. The fourth-order valence-electron chi connectivity index (χ4n) is 2.36. The first-order chi connectivity index (χ1) is 8.33. The predicted octanol–water partition coefficient (Wildman–Crippen LogP) is 3.01. The summed E-state index contributed by atoms with van der Waals surface area (Å²) in [6, 6.07) is 0.0320. The van der Waals surface area contributed by atoms with Gasteiger partial charge < -0.3 is 4.90 Å². The molecule has 3 nitrogen and oxygen atoms in total. The topological polar surface area (TPSA) is 32.3 Å². The summed E-state index contributed by atoms with van der Waals surface area (Å²) in [5.41, 5.74) is 0.173. The maximum Gasteiger partial charge on any atom is 0.241 e. The fraction of sp³-hybridized carbons (Fsp3) is 0.933. The molecule has 0 radical (unpaired) electrons. The first-order valence-corrected chi connectivity index (χ1v) is 7.40. The third-order valence-corrected chi connectivity index (χ3v) is 4.46. The normalized spacial score (nSPS) is 25.3. The molecule has 18 heavy (non-hydrogen) atoms. The Labute approximate surface area is 112 Å². The summed E-state index contributed by atoms with van der Waals surface area (Å²) in [5, 5.41) is 3.48. The molecule has 0 aromatic carbocycles. The predicted molar refractivity (Wildman–Crippen MR) is 76.2 cm³/mol. The molecule has 2 atom stereocenters. The van der Waals surface area contributed by atoms with E-state index >= 15 is 0 Å². The molecule has 1 aliphatic heterocycles. The molecule has 0 aliphatic carbocycles. The van der Waals surface area contributed by atoms with Gasteiger partial charge in [0.05, 0.1) is 12.2 Å². The van der Waals surface area contributed by atoms with Gasteiger partial charge in [-0.2, -0.15) is 0 Å². The van der Waals surface area contributed by atoms with E-state index in [0.717, 1.165) is 25.8 Å². The number of rotatable bonds is 6. The molecular weight excluding hydrogens is 224 g/mol. The number of hydrogen-bond donors (Lipinski definition) is 1. The van der Waals surface area contributed by atoms with Crippen LogP contribution in [0.4, 0.5) is 0 Å². The lowest BCUT2D eigenvalue weighted by atomic mass is 9.80. The second-order valence-corrected chi connectivity index (χ2v) is 6.54. The number of nitrogens with zero attached hydrogens (tertiary/aromatic N) is 1. The highest BCUT2D eigenvalue weighted by Gasteiger charge is 2.40. The smallest absolute Gasteiger partial charge is 0.241 e. The lowest BCUT2D eigenvalue weighted by molar-refractivity contribution is -0.131. The summed E-state index contributed by atoms with van der Waals surface area (Å²) in [6.07, 6.45) is 3.29. The van der Waals surface area contributed by atoms with Crippen molar-refractivity contribution >= 4 is 5.91 Å². The SMILES string of the molecule is CCCC1NC(CC)C(=O)N1CC(C)(C)C(C)C. The van der Waals surface area contributed by atoms with E-state index in [4.69, 9.17) is 0 Å². The van der Waals surface area contributed by atoms with Gasteiger partial charge in [0.15, 0.2) is 0 Å². The molecule has 106 valence electrons. The van der Waals surface area contributed by atoms with Gasteiger partial charge in [-0.15, -0.1) is 0 Å². The summed E-state index contributed by atoms with van der Waals surface area (Å²) in [7, 11) is 0. The van der Waals surface area contributed by atoms with Gasteiger partial charge in [0.25, 0.3) is 0 Å². The van der Waals surface area contributed by atoms with Crippen molar-refractivity contribution in [2.24, 2.45) is 11.3 Å². The third kappa shape index (κ3) is 3.25. The second-order valence-electron chi connectivity index (χ2n) is 6.54. The van der Waals surface area contributed by atoms with E-state index in [1.54, 1.807) is 0 Å². The summed E-state index contributed by atoms with van der Waals surface area (Å²) in [4.78, 5) is 14.5. The van der Waals surface area contributed by atoms with Crippen LogP contribution in [0.25, 0.3) is 0 Å². The molecular formula is C15H30N2O. The number of carbonyl (C=O) groups is 1. The number of nitrogens with one attached hydrogen (secondary N) is 1. The Bertz CT molecular complexity index is 286. The molecule has 1 N–H and O–H groups in total. The standard InChI is InChI=1S/C15H30N2O/c1-7-9-13-16-12(8-2)14(18)17(13)10-15(5,6)11(3)4/h11-13,16H,7-10H2,1-6H3. The molecule has 1 rings (SSSR count). The molecule has 0 aromatic rings. The monoisotopic (exact) mass is 254 g/mol. The van der Waals surface area contributed by atoms with Crippen LogP contribution in [0.1, 0.15) is 60.8 Å². The van der Waals surface area contributed by atoms with E-state index in [-0.39, 0.29) is 17.6 Å². The van der Waals surface area contributed by atoms with Crippen LogP contribution in [-0.4, -0.2) is 29.6 Å². The van der Waals surface area contributed by atoms with Crippen LogP contribution in [0, 0.1) is 11.3 Å². The molecule has 0 aromatic heterocycles. The van der Waals surface area contributed by atoms with Crippen LogP contribution in [-0.2, 0) is 4.79 Å². The van der Waals surface area contributed by atoms with E-state index in [9.17, 15) is 4.79 Å². The quantitative estimate of drug-likeness (QED) is 0.790. The van der Waals surface area contributed by atoms with Crippen molar-refractivity contribution in [3.05, 3.63) is 0 Å². The summed E-state index contributed by atoms with van der Waals surface area (Å²) in [5.74, 6) is 0.873. The van der Waals surface area contributed by atoms with Gasteiger partial charge in [0.1, 0.15) is 0 Å². The zero-order valence-electron chi connectivity index (χ0n) is 12.9. The number of carbonyl (C=O) groups excluding carboxylic acids is 1. The van der Waals surface area contributed by atoms with Gasteiger partial charge in [-0.3, -0.25) is 10.1 Å². The minimum atomic E-state index is 0.0320. The Morgan fingerprint density at radius 3 is 2.39 bits per heavy atom. The first-order valence-electron chi connectivity index (χ1n) is 7.40. The molecule has 1 heterocycles. The molecule has 1 amide bonds. The highest BCUT2D eigenvalue weighted by molar-refractivity contribution is 5.84. The molecule has 1 fully saturated rings. The Kier molecular flexibility index (Phi) is 5.20. The number of hydrogen-bond acceptors (Lipinski definition) is 2. The highest BCUT2D eigenvalue weighted by Crippen LogP contribution is 2.30. The summed E-state index contributed by atoms with van der Waals surface area (Å²) >= 11 is 0.